The second kappa shape index (κ2) is 8.36. The molecule has 0 spiro atoms. The molecule has 3 heterocycles. The SMILES string of the molecule is Cn1c2c(c(=O)n(Cc3ccccc3)c1=O)CN(C(=O)OCc1ccncc1)CC2. The van der Waals surface area contributed by atoms with Gasteiger partial charge in [0.15, 0.2) is 0 Å². The Hall–Kier alpha value is -3.68. The van der Waals surface area contributed by atoms with Crippen molar-refractivity contribution in [1.82, 2.24) is 19.0 Å². The van der Waals surface area contributed by atoms with E-state index in [-0.39, 0.29) is 30.9 Å². The highest BCUT2D eigenvalue weighted by atomic mass is 16.6. The molecule has 0 fully saturated rings. The van der Waals surface area contributed by atoms with Crippen molar-refractivity contribution in [3.05, 3.63) is 98.1 Å². The Bertz CT molecular complexity index is 1170. The number of aromatic nitrogens is 3. The molecule has 4 rings (SSSR count). The molecule has 2 aromatic heterocycles. The fourth-order valence-electron chi connectivity index (χ4n) is 3.64. The molecule has 0 aliphatic carbocycles. The zero-order valence-electron chi connectivity index (χ0n) is 16.7. The molecule has 1 aliphatic rings. The minimum absolute atomic E-state index is 0.117. The summed E-state index contributed by atoms with van der Waals surface area (Å²) in [6.45, 7) is 0.826. The third-order valence-electron chi connectivity index (χ3n) is 5.30. The number of hydrogen-bond acceptors (Lipinski definition) is 5. The quantitative estimate of drug-likeness (QED) is 0.658. The number of hydrogen-bond donors (Lipinski definition) is 0. The lowest BCUT2D eigenvalue weighted by Gasteiger charge is -2.29. The van der Waals surface area contributed by atoms with Gasteiger partial charge in [-0.15, -0.1) is 0 Å². The Labute approximate surface area is 173 Å². The molecule has 1 aromatic carbocycles. The fourth-order valence-corrected chi connectivity index (χ4v) is 3.64. The van der Waals surface area contributed by atoms with Gasteiger partial charge < -0.3 is 14.2 Å². The number of benzene rings is 1. The second-order valence-corrected chi connectivity index (χ2v) is 7.23. The lowest BCUT2D eigenvalue weighted by Crippen LogP contribution is -2.48. The summed E-state index contributed by atoms with van der Waals surface area (Å²) in [4.78, 5) is 43.8. The van der Waals surface area contributed by atoms with Crippen molar-refractivity contribution in [2.24, 2.45) is 7.05 Å². The predicted molar refractivity (Wildman–Crippen MR) is 110 cm³/mol. The van der Waals surface area contributed by atoms with Crippen LogP contribution in [0.25, 0.3) is 0 Å². The molecule has 0 saturated carbocycles. The number of rotatable bonds is 4. The maximum absolute atomic E-state index is 13.1. The van der Waals surface area contributed by atoms with E-state index in [2.05, 4.69) is 4.98 Å². The Morgan fingerprint density at radius 3 is 2.53 bits per heavy atom. The molecule has 1 amide bonds. The maximum Gasteiger partial charge on any atom is 0.410 e. The minimum Gasteiger partial charge on any atom is -0.445 e. The lowest BCUT2D eigenvalue weighted by atomic mass is 10.1. The topological polar surface area (TPSA) is 86.4 Å². The molecule has 154 valence electrons. The largest absolute Gasteiger partial charge is 0.445 e. The highest BCUT2D eigenvalue weighted by molar-refractivity contribution is 5.68. The van der Waals surface area contributed by atoms with E-state index in [0.29, 0.717) is 24.2 Å². The van der Waals surface area contributed by atoms with Crippen LogP contribution in [0.2, 0.25) is 0 Å². The van der Waals surface area contributed by atoms with Gasteiger partial charge in [0.25, 0.3) is 5.56 Å². The fraction of sp³-hybridized carbons (Fsp3) is 0.273. The summed E-state index contributed by atoms with van der Waals surface area (Å²) < 4.78 is 8.12. The predicted octanol–water partition coefficient (Wildman–Crippen LogP) is 1.69. The van der Waals surface area contributed by atoms with E-state index in [1.807, 2.05) is 30.3 Å². The molecule has 0 unspecified atom stereocenters. The Kier molecular flexibility index (Phi) is 5.47. The number of carbonyl (C=O) groups is 1. The smallest absolute Gasteiger partial charge is 0.410 e. The first-order valence-electron chi connectivity index (χ1n) is 9.70. The average Bonchev–Trinajstić information content (AvgIpc) is 2.80. The monoisotopic (exact) mass is 406 g/mol. The molecule has 8 heteroatoms. The van der Waals surface area contributed by atoms with Gasteiger partial charge in [-0.1, -0.05) is 30.3 Å². The molecular weight excluding hydrogens is 384 g/mol. The van der Waals surface area contributed by atoms with E-state index in [1.54, 1.807) is 31.6 Å². The molecule has 0 bridgehead atoms. The van der Waals surface area contributed by atoms with Crippen molar-refractivity contribution in [2.45, 2.75) is 26.1 Å². The number of fused-ring (bicyclic) bond motifs is 1. The first-order valence-corrected chi connectivity index (χ1v) is 9.70. The van der Waals surface area contributed by atoms with Crippen LogP contribution >= 0.6 is 0 Å². The molecule has 0 atom stereocenters. The van der Waals surface area contributed by atoms with Crippen molar-refractivity contribution < 1.29 is 9.53 Å². The third-order valence-corrected chi connectivity index (χ3v) is 5.30. The van der Waals surface area contributed by atoms with Crippen LogP contribution in [0.3, 0.4) is 0 Å². The van der Waals surface area contributed by atoms with Crippen LogP contribution in [0.5, 0.6) is 0 Å². The molecule has 3 aromatic rings. The second-order valence-electron chi connectivity index (χ2n) is 7.23. The summed E-state index contributed by atoms with van der Waals surface area (Å²) in [6.07, 6.45) is 3.21. The standard InChI is InChI=1S/C22H22N4O4/c1-24-19-9-12-25(22(29)30-15-17-7-10-23-11-8-17)14-18(19)20(27)26(21(24)28)13-16-5-3-2-4-6-16/h2-8,10-11H,9,12-15H2,1H3. The molecule has 1 aliphatic heterocycles. The number of amides is 1. The van der Waals surface area contributed by atoms with Crippen LogP contribution in [-0.2, 0) is 37.9 Å². The highest BCUT2D eigenvalue weighted by Gasteiger charge is 2.27. The Morgan fingerprint density at radius 1 is 1.07 bits per heavy atom. The van der Waals surface area contributed by atoms with E-state index < -0.39 is 6.09 Å². The van der Waals surface area contributed by atoms with Crippen molar-refractivity contribution in [2.75, 3.05) is 6.54 Å². The maximum atomic E-state index is 13.1. The van der Waals surface area contributed by atoms with Crippen LogP contribution in [0.15, 0.2) is 64.4 Å². The Balaban J connectivity index is 1.57. The summed E-state index contributed by atoms with van der Waals surface area (Å²) >= 11 is 0. The van der Waals surface area contributed by atoms with Crippen molar-refractivity contribution in [3.8, 4) is 0 Å². The van der Waals surface area contributed by atoms with Crippen LogP contribution in [0.4, 0.5) is 4.79 Å². The summed E-state index contributed by atoms with van der Waals surface area (Å²) in [6, 6.07) is 12.9. The van der Waals surface area contributed by atoms with E-state index in [4.69, 9.17) is 4.74 Å². The summed E-state index contributed by atoms with van der Waals surface area (Å²) in [7, 11) is 1.67. The van der Waals surface area contributed by atoms with Crippen LogP contribution in [-0.4, -0.2) is 31.7 Å². The first kappa shape index (κ1) is 19.6. The van der Waals surface area contributed by atoms with Gasteiger partial charge >= 0.3 is 11.8 Å². The normalized spacial score (nSPS) is 13.0. The van der Waals surface area contributed by atoms with Gasteiger partial charge in [0.05, 0.1) is 18.7 Å². The van der Waals surface area contributed by atoms with Gasteiger partial charge in [-0.2, -0.15) is 0 Å². The summed E-state index contributed by atoms with van der Waals surface area (Å²) in [5.41, 5.74) is 2.12. The van der Waals surface area contributed by atoms with Gasteiger partial charge in [-0.3, -0.25) is 14.3 Å². The molecule has 30 heavy (non-hydrogen) atoms. The van der Waals surface area contributed by atoms with Gasteiger partial charge in [-0.05, 0) is 23.3 Å². The molecule has 0 N–H and O–H groups in total. The number of nitrogens with zero attached hydrogens (tertiary/aromatic N) is 4. The van der Waals surface area contributed by atoms with Crippen LogP contribution in [0.1, 0.15) is 22.4 Å². The Morgan fingerprint density at radius 2 is 1.80 bits per heavy atom. The number of carbonyl (C=O) groups excluding carboxylic acids is 1. The van der Waals surface area contributed by atoms with E-state index in [0.717, 1.165) is 11.1 Å². The number of pyridine rings is 1. The zero-order chi connectivity index (χ0) is 21.1. The summed E-state index contributed by atoms with van der Waals surface area (Å²) in [5, 5.41) is 0. The number of ether oxygens (including phenoxy) is 1. The van der Waals surface area contributed by atoms with Crippen LogP contribution < -0.4 is 11.2 Å². The van der Waals surface area contributed by atoms with E-state index >= 15 is 0 Å². The van der Waals surface area contributed by atoms with E-state index in [1.165, 1.54) is 14.0 Å². The van der Waals surface area contributed by atoms with Gasteiger partial charge in [0.1, 0.15) is 6.61 Å². The third kappa shape index (κ3) is 3.89. The van der Waals surface area contributed by atoms with Crippen molar-refractivity contribution in [3.63, 3.8) is 0 Å². The van der Waals surface area contributed by atoms with Gasteiger partial charge in [-0.25, -0.2) is 9.59 Å². The van der Waals surface area contributed by atoms with Gasteiger partial charge in [0.2, 0.25) is 0 Å². The molecule has 0 saturated heterocycles. The van der Waals surface area contributed by atoms with E-state index in [9.17, 15) is 14.4 Å². The summed E-state index contributed by atoms with van der Waals surface area (Å²) in [5.74, 6) is 0. The first-order chi connectivity index (χ1) is 14.5. The lowest BCUT2D eigenvalue weighted by molar-refractivity contribution is 0.0909. The minimum atomic E-state index is -0.486. The van der Waals surface area contributed by atoms with Crippen molar-refractivity contribution in [1.29, 1.82) is 0 Å². The molecule has 0 radical (unpaired) electrons. The zero-order valence-corrected chi connectivity index (χ0v) is 16.7. The molecule has 8 nitrogen and oxygen atoms in total. The molecular formula is C22H22N4O4. The van der Waals surface area contributed by atoms with Crippen molar-refractivity contribution >= 4 is 6.09 Å². The van der Waals surface area contributed by atoms with Crippen LogP contribution in [0, 0.1) is 0 Å². The highest BCUT2D eigenvalue weighted by Crippen LogP contribution is 2.16. The average molecular weight is 406 g/mol. The van der Waals surface area contributed by atoms with Gasteiger partial charge in [0, 0.05) is 38.1 Å².